The number of thiazole rings is 1. The Balaban J connectivity index is 1.18. The third kappa shape index (κ3) is 4.74. The van der Waals surface area contributed by atoms with Gasteiger partial charge < -0.3 is 10.2 Å². The number of carbonyl (C=O) groups excluding carboxylic acids is 2. The highest BCUT2D eigenvalue weighted by Gasteiger charge is 2.34. The van der Waals surface area contributed by atoms with E-state index in [4.69, 9.17) is 0 Å². The van der Waals surface area contributed by atoms with Gasteiger partial charge in [-0.05, 0) is 11.1 Å². The van der Waals surface area contributed by atoms with E-state index in [1.807, 2.05) is 36.4 Å². The van der Waals surface area contributed by atoms with Crippen LogP contribution in [0.25, 0.3) is 0 Å². The summed E-state index contributed by atoms with van der Waals surface area (Å²) in [5.74, 6) is -0.410. The second-order valence-electron chi connectivity index (χ2n) is 8.49. The first-order valence-electron chi connectivity index (χ1n) is 11.0. The molecule has 3 heterocycles. The van der Waals surface area contributed by atoms with Crippen LogP contribution in [0, 0.1) is 5.92 Å². The second-order valence-corrected chi connectivity index (χ2v) is 9.57. The van der Waals surface area contributed by atoms with Gasteiger partial charge in [0.1, 0.15) is 0 Å². The van der Waals surface area contributed by atoms with E-state index in [0.717, 1.165) is 37.3 Å². The molecule has 1 atom stereocenters. The molecule has 2 aliphatic heterocycles. The van der Waals surface area contributed by atoms with Gasteiger partial charge in [-0.3, -0.25) is 14.5 Å². The Kier molecular flexibility index (Phi) is 6.01. The summed E-state index contributed by atoms with van der Waals surface area (Å²) < 4.78 is 0. The molecule has 1 saturated heterocycles. The van der Waals surface area contributed by atoms with Crippen molar-refractivity contribution in [2.45, 2.75) is 32.5 Å². The van der Waals surface area contributed by atoms with Crippen molar-refractivity contribution in [1.82, 2.24) is 14.8 Å². The number of fused-ring (bicyclic) bond motifs is 1. The summed E-state index contributed by atoms with van der Waals surface area (Å²) in [5, 5.41) is 3.63. The molecule has 1 N–H and O–H groups in total. The molecule has 7 heteroatoms. The average molecular weight is 447 g/mol. The van der Waals surface area contributed by atoms with Gasteiger partial charge in [0.2, 0.25) is 11.8 Å². The smallest absolute Gasteiger partial charge is 0.231 e. The quantitative estimate of drug-likeness (QED) is 0.627. The van der Waals surface area contributed by atoms with E-state index in [1.54, 1.807) is 16.2 Å². The van der Waals surface area contributed by atoms with Gasteiger partial charge in [-0.15, -0.1) is 11.3 Å². The highest BCUT2D eigenvalue weighted by molar-refractivity contribution is 7.15. The molecule has 0 spiro atoms. The monoisotopic (exact) mass is 446 g/mol. The zero-order chi connectivity index (χ0) is 21.9. The van der Waals surface area contributed by atoms with Crippen molar-refractivity contribution in [2.75, 3.05) is 18.4 Å². The molecule has 0 saturated carbocycles. The molecule has 3 aromatic rings. The highest BCUT2D eigenvalue weighted by atomic mass is 32.1. The summed E-state index contributed by atoms with van der Waals surface area (Å²) in [6, 6.07) is 20.4. The molecule has 1 aromatic heterocycles. The Morgan fingerprint density at radius 3 is 2.44 bits per heavy atom. The van der Waals surface area contributed by atoms with Gasteiger partial charge in [0.05, 0.1) is 11.6 Å². The topological polar surface area (TPSA) is 65.5 Å². The van der Waals surface area contributed by atoms with Gasteiger partial charge in [-0.2, -0.15) is 0 Å². The minimum absolute atomic E-state index is 0.0315. The van der Waals surface area contributed by atoms with Crippen molar-refractivity contribution in [2.24, 2.45) is 5.92 Å². The molecule has 5 rings (SSSR count). The fraction of sp³-hybridized carbons (Fsp3) is 0.320. The van der Waals surface area contributed by atoms with Gasteiger partial charge in [0.25, 0.3) is 0 Å². The summed E-state index contributed by atoms with van der Waals surface area (Å²) >= 11 is 1.56. The van der Waals surface area contributed by atoms with Crippen LogP contribution in [0.2, 0.25) is 0 Å². The van der Waals surface area contributed by atoms with Crippen molar-refractivity contribution < 1.29 is 9.59 Å². The number of hydrogen-bond donors (Lipinski definition) is 1. The van der Waals surface area contributed by atoms with E-state index >= 15 is 0 Å². The lowest BCUT2D eigenvalue weighted by Gasteiger charge is -2.25. The van der Waals surface area contributed by atoms with Crippen LogP contribution in [0.3, 0.4) is 0 Å². The number of rotatable bonds is 6. The van der Waals surface area contributed by atoms with E-state index in [9.17, 15) is 9.59 Å². The lowest BCUT2D eigenvalue weighted by atomic mass is 10.1. The maximum Gasteiger partial charge on any atom is 0.231 e. The van der Waals surface area contributed by atoms with Gasteiger partial charge in [-0.25, -0.2) is 4.98 Å². The lowest BCUT2D eigenvalue weighted by molar-refractivity contribution is -0.128. The molecule has 2 aromatic carbocycles. The van der Waals surface area contributed by atoms with E-state index in [2.05, 4.69) is 39.5 Å². The summed E-state index contributed by atoms with van der Waals surface area (Å²) in [7, 11) is 0. The summed E-state index contributed by atoms with van der Waals surface area (Å²) in [6.07, 6.45) is 1.15. The predicted octanol–water partition coefficient (Wildman–Crippen LogP) is 3.69. The Labute approximate surface area is 191 Å². The second kappa shape index (κ2) is 9.22. The maximum atomic E-state index is 12.8. The Bertz CT molecular complexity index is 1100. The molecule has 2 amide bonds. The van der Waals surface area contributed by atoms with Crippen LogP contribution in [-0.2, 0) is 35.6 Å². The van der Waals surface area contributed by atoms with Gasteiger partial charge >= 0.3 is 0 Å². The molecule has 1 fully saturated rings. The Morgan fingerprint density at radius 1 is 1.03 bits per heavy atom. The molecule has 32 heavy (non-hydrogen) atoms. The van der Waals surface area contributed by atoms with Gasteiger partial charge in [0, 0.05) is 50.4 Å². The Morgan fingerprint density at radius 2 is 1.72 bits per heavy atom. The zero-order valence-corrected chi connectivity index (χ0v) is 18.7. The number of aromatic nitrogens is 1. The number of anilines is 1. The first kappa shape index (κ1) is 20.8. The van der Waals surface area contributed by atoms with Crippen LogP contribution in [0.1, 0.15) is 28.1 Å². The van der Waals surface area contributed by atoms with E-state index < -0.39 is 0 Å². The molecular formula is C25H26N4O2S. The van der Waals surface area contributed by atoms with Gasteiger partial charge in [-0.1, -0.05) is 60.7 Å². The molecule has 6 nitrogen and oxygen atoms in total. The SMILES string of the molecule is O=C(Nc1nc2c(s1)CN(Cc1ccccc1)CC2)C1CC(=O)N(Cc2ccccc2)C1. The molecular weight excluding hydrogens is 420 g/mol. The first-order chi connectivity index (χ1) is 15.6. The largest absolute Gasteiger partial charge is 0.338 e. The van der Waals surface area contributed by atoms with Crippen LogP contribution < -0.4 is 5.32 Å². The minimum atomic E-state index is -0.332. The van der Waals surface area contributed by atoms with E-state index in [1.165, 1.54) is 10.4 Å². The third-order valence-electron chi connectivity index (χ3n) is 6.09. The van der Waals surface area contributed by atoms with Crippen molar-refractivity contribution in [3.05, 3.63) is 82.4 Å². The van der Waals surface area contributed by atoms with Crippen molar-refractivity contribution >= 4 is 28.3 Å². The minimum Gasteiger partial charge on any atom is -0.338 e. The maximum absolute atomic E-state index is 12.8. The molecule has 2 aliphatic rings. The fourth-order valence-electron chi connectivity index (χ4n) is 4.39. The number of carbonyl (C=O) groups is 2. The summed E-state index contributed by atoms with van der Waals surface area (Å²) in [5.41, 5.74) is 3.47. The number of nitrogens with one attached hydrogen (secondary N) is 1. The number of amides is 2. The Hall–Kier alpha value is -3.03. The zero-order valence-electron chi connectivity index (χ0n) is 17.9. The van der Waals surface area contributed by atoms with Crippen molar-refractivity contribution in [3.8, 4) is 0 Å². The third-order valence-corrected chi connectivity index (χ3v) is 7.09. The van der Waals surface area contributed by atoms with Crippen LogP contribution in [-0.4, -0.2) is 39.7 Å². The van der Waals surface area contributed by atoms with Gasteiger partial charge in [0.15, 0.2) is 5.13 Å². The number of benzene rings is 2. The number of hydrogen-bond acceptors (Lipinski definition) is 5. The van der Waals surface area contributed by atoms with E-state index in [-0.39, 0.29) is 24.2 Å². The van der Waals surface area contributed by atoms with E-state index in [0.29, 0.717) is 18.2 Å². The van der Waals surface area contributed by atoms with Crippen molar-refractivity contribution in [1.29, 1.82) is 0 Å². The fourth-order valence-corrected chi connectivity index (χ4v) is 5.44. The number of likely N-dealkylation sites (tertiary alicyclic amines) is 1. The predicted molar refractivity (Wildman–Crippen MR) is 125 cm³/mol. The van der Waals surface area contributed by atoms with Crippen LogP contribution in [0.5, 0.6) is 0 Å². The first-order valence-corrected chi connectivity index (χ1v) is 11.8. The van der Waals surface area contributed by atoms with Crippen LogP contribution in [0.15, 0.2) is 60.7 Å². The average Bonchev–Trinajstić information content (AvgIpc) is 3.37. The summed E-state index contributed by atoms with van der Waals surface area (Å²) in [4.78, 5) is 35.3. The van der Waals surface area contributed by atoms with Crippen LogP contribution >= 0.6 is 11.3 Å². The molecule has 1 unspecified atom stereocenters. The normalized spacial score (nSPS) is 18.6. The molecule has 0 radical (unpaired) electrons. The summed E-state index contributed by atoms with van der Waals surface area (Å²) in [6.45, 7) is 3.73. The number of nitrogens with zero attached hydrogens (tertiary/aromatic N) is 3. The molecule has 0 bridgehead atoms. The molecule has 0 aliphatic carbocycles. The van der Waals surface area contributed by atoms with Crippen LogP contribution in [0.4, 0.5) is 5.13 Å². The highest BCUT2D eigenvalue weighted by Crippen LogP contribution is 2.30. The molecule has 164 valence electrons. The lowest BCUT2D eigenvalue weighted by Crippen LogP contribution is -2.29. The van der Waals surface area contributed by atoms with Crippen molar-refractivity contribution in [3.63, 3.8) is 0 Å². The standard InChI is InChI=1S/C25H26N4O2S/c30-23-13-20(16-29(23)15-19-9-5-2-6-10-19)24(31)27-25-26-21-11-12-28(17-22(21)32-25)14-18-7-3-1-4-8-18/h1-10,20H,11-17H2,(H,26,27,31).